The number of benzene rings is 1. The molecule has 0 radical (unpaired) electrons. The average molecular weight is 229 g/mol. The van der Waals surface area contributed by atoms with Crippen molar-refractivity contribution in [2.75, 3.05) is 20.3 Å². The first-order valence-electron chi connectivity index (χ1n) is 4.71. The van der Waals surface area contributed by atoms with Crippen LogP contribution in [0.2, 0.25) is 5.02 Å². The number of aliphatic hydroxyl groups is 1. The third kappa shape index (κ3) is 1.71. The lowest BCUT2D eigenvalue weighted by molar-refractivity contribution is -0.185. The predicted octanol–water partition coefficient (Wildman–Crippen LogP) is 1.87. The van der Waals surface area contributed by atoms with Gasteiger partial charge in [-0.3, -0.25) is 0 Å². The van der Waals surface area contributed by atoms with E-state index < -0.39 is 5.60 Å². The molecular weight excluding hydrogens is 216 g/mol. The summed E-state index contributed by atoms with van der Waals surface area (Å²) in [4.78, 5) is 0. The molecule has 82 valence electrons. The van der Waals surface area contributed by atoms with Crippen LogP contribution in [0.4, 0.5) is 0 Å². The van der Waals surface area contributed by atoms with Gasteiger partial charge in [0, 0.05) is 10.6 Å². The van der Waals surface area contributed by atoms with Gasteiger partial charge in [0.15, 0.2) is 0 Å². The van der Waals surface area contributed by atoms with Crippen molar-refractivity contribution < 1.29 is 14.6 Å². The van der Waals surface area contributed by atoms with Crippen molar-refractivity contribution in [2.45, 2.75) is 12.5 Å². The van der Waals surface area contributed by atoms with E-state index in [4.69, 9.17) is 21.1 Å². The third-order valence-corrected chi connectivity index (χ3v) is 3.07. The molecule has 0 bridgehead atoms. The second kappa shape index (κ2) is 3.67. The minimum atomic E-state index is -0.942. The van der Waals surface area contributed by atoms with E-state index in [0.717, 1.165) is 5.56 Å². The summed E-state index contributed by atoms with van der Waals surface area (Å²) in [5.74, 6) is 0.655. The molecule has 4 heteroatoms. The Labute approximate surface area is 93.6 Å². The lowest BCUT2D eigenvalue weighted by Crippen LogP contribution is -2.46. The van der Waals surface area contributed by atoms with E-state index in [1.165, 1.54) is 0 Å². The van der Waals surface area contributed by atoms with E-state index in [1.54, 1.807) is 13.2 Å². The van der Waals surface area contributed by atoms with Gasteiger partial charge in [-0.15, -0.1) is 0 Å². The maximum Gasteiger partial charge on any atom is 0.140 e. The van der Waals surface area contributed by atoms with Crippen LogP contribution in [0.3, 0.4) is 0 Å². The molecule has 15 heavy (non-hydrogen) atoms. The molecule has 1 saturated heterocycles. The van der Waals surface area contributed by atoms with Gasteiger partial charge in [-0.2, -0.15) is 0 Å². The highest BCUT2D eigenvalue weighted by Gasteiger charge is 2.40. The molecule has 0 aromatic heterocycles. The van der Waals surface area contributed by atoms with Crippen molar-refractivity contribution in [3.05, 3.63) is 28.3 Å². The zero-order valence-corrected chi connectivity index (χ0v) is 9.47. The summed E-state index contributed by atoms with van der Waals surface area (Å²) in [6.07, 6.45) is 0. The number of hydrogen-bond acceptors (Lipinski definition) is 3. The van der Waals surface area contributed by atoms with Crippen LogP contribution in [0.1, 0.15) is 11.1 Å². The number of halogens is 1. The van der Waals surface area contributed by atoms with E-state index in [0.29, 0.717) is 29.5 Å². The summed E-state index contributed by atoms with van der Waals surface area (Å²) < 4.78 is 10.2. The summed E-state index contributed by atoms with van der Waals surface area (Å²) in [5.41, 5.74) is 0.691. The van der Waals surface area contributed by atoms with Gasteiger partial charge in [0.25, 0.3) is 0 Å². The Morgan fingerprint density at radius 1 is 1.47 bits per heavy atom. The zero-order chi connectivity index (χ0) is 11.1. The molecule has 1 aliphatic heterocycles. The fourth-order valence-electron chi connectivity index (χ4n) is 1.64. The average Bonchev–Trinajstić information content (AvgIpc) is 2.18. The number of hydrogen-bond donors (Lipinski definition) is 1. The van der Waals surface area contributed by atoms with Gasteiger partial charge in [0.05, 0.1) is 20.3 Å². The Morgan fingerprint density at radius 3 is 2.60 bits per heavy atom. The van der Waals surface area contributed by atoms with Crippen LogP contribution >= 0.6 is 11.6 Å². The smallest absolute Gasteiger partial charge is 0.140 e. The normalized spacial score (nSPS) is 18.4. The summed E-state index contributed by atoms with van der Waals surface area (Å²) >= 11 is 6.02. The predicted molar refractivity (Wildman–Crippen MR) is 57.5 cm³/mol. The van der Waals surface area contributed by atoms with E-state index >= 15 is 0 Å². The second-order valence-electron chi connectivity index (χ2n) is 3.83. The first-order valence-corrected chi connectivity index (χ1v) is 5.09. The maximum atomic E-state index is 10.1. The Bertz CT molecular complexity index is 386. The van der Waals surface area contributed by atoms with Gasteiger partial charge in [0.2, 0.25) is 0 Å². The highest BCUT2D eigenvalue weighted by molar-refractivity contribution is 6.31. The first-order chi connectivity index (χ1) is 7.07. The molecular formula is C11H13ClO3. The molecule has 1 aliphatic rings. The van der Waals surface area contributed by atoms with Crippen LogP contribution in [0.25, 0.3) is 0 Å². The lowest BCUT2D eigenvalue weighted by atomic mass is 9.90. The highest BCUT2D eigenvalue weighted by atomic mass is 35.5. The number of rotatable bonds is 2. The molecule has 0 spiro atoms. The molecule has 1 N–H and O–H groups in total. The fraction of sp³-hybridized carbons (Fsp3) is 0.455. The molecule has 0 atom stereocenters. The van der Waals surface area contributed by atoms with Crippen LogP contribution in [-0.4, -0.2) is 25.4 Å². The van der Waals surface area contributed by atoms with Crippen molar-refractivity contribution in [1.82, 2.24) is 0 Å². The van der Waals surface area contributed by atoms with Crippen LogP contribution in [0, 0.1) is 6.92 Å². The molecule has 1 heterocycles. The van der Waals surface area contributed by atoms with Crippen molar-refractivity contribution in [3.8, 4) is 5.75 Å². The molecule has 0 saturated carbocycles. The van der Waals surface area contributed by atoms with Crippen LogP contribution in [-0.2, 0) is 10.3 Å². The van der Waals surface area contributed by atoms with Crippen LogP contribution < -0.4 is 4.74 Å². The Balaban J connectivity index is 2.49. The third-order valence-electron chi connectivity index (χ3n) is 2.66. The minimum absolute atomic E-state index is 0.294. The van der Waals surface area contributed by atoms with Gasteiger partial charge < -0.3 is 14.6 Å². The number of methoxy groups -OCH3 is 1. The summed E-state index contributed by atoms with van der Waals surface area (Å²) in [7, 11) is 1.58. The van der Waals surface area contributed by atoms with Crippen LogP contribution in [0.5, 0.6) is 5.75 Å². The molecule has 0 unspecified atom stereocenters. The molecule has 1 aromatic rings. The molecule has 1 aromatic carbocycles. The molecule has 0 aliphatic carbocycles. The van der Waals surface area contributed by atoms with Gasteiger partial charge >= 0.3 is 0 Å². The Hall–Kier alpha value is -0.770. The largest absolute Gasteiger partial charge is 0.496 e. The van der Waals surface area contributed by atoms with Gasteiger partial charge in [0.1, 0.15) is 11.4 Å². The Morgan fingerprint density at radius 2 is 2.13 bits per heavy atom. The minimum Gasteiger partial charge on any atom is -0.496 e. The van der Waals surface area contributed by atoms with Crippen molar-refractivity contribution in [1.29, 1.82) is 0 Å². The molecule has 0 amide bonds. The van der Waals surface area contributed by atoms with Gasteiger partial charge in [-0.05, 0) is 24.6 Å². The second-order valence-corrected chi connectivity index (χ2v) is 4.23. The molecule has 1 fully saturated rings. The van der Waals surface area contributed by atoms with E-state index in [1.807, 2.05) is 13.0 Å². The van der Waals surface area contributed by atoms with Gasteiger partial charge in [-0.1, -0.05) is 11.6 Å². The molecule has 2 rings (SSSR count). The number of ether oxygens (including phenoxy) is 2. The SMILES string of the molecule is COc1cc(C)c(Cl)cc1C1(O)COC1. The summed E-state index contributed by atoms with van der Waals surface area (Å²) in [6, 6.07) is 3.58. The number of aryl methyl sites for hydroxylation is 1. The topological polar surface area (TPSA) is 38.7 Å². The van der Waals surface area contributed by atoms with Gasteiger partial charge in [-0.25, -0.2) is 0 Å². The Kier molecular flexibility index (Phi) is 2.63. The quantitative estimate of drug-likeness (QED) is 0.840. The first kappa shape index (κ1) is 10.7. The monoisotopic (exact) mass is 228 g/mol. The van der Waals surface area contributed by atoms with Crippen molar-refractivity contribution >= 4 is 11.6 Å². The van der Waals surface area contributed by atoms with Crippen LogP contribution in [0.15, 0.2) is 12.1 Å². The maximum absolute atomic E-state index is 10.1. The lowest BCUT2D eigenvalue weighted by Gasteiger charge is -2.37. The van der Waals surface area contributed by atoms with E-state index in [-0.39, 0.29) is 0 Å². The van der Waals surface area contributed by atoms with E-state index in [9.17, 15) is 5.11 Å². The molecule has 3 nitrogen and oxygen atoms in total. The zero-order valence-electron chi connectivity index (χ0n) is 8.71. The fourth-order valence-corrected chi connectivity index (χ4v) is 1.80. The standard InChI is InChI=1S/C11H13ClO3/c1-7-3-10(14-2)8(4-9(7)12)11(13)5-15-6-11/h3-4,13H,5-6H2,1-2H3. The summed E-state index contributed by atoms with van der Waals surface area (Å²) in [6.45, 7) is 2.49. The van der Waals surface area contributed by atoms with Crippen molar-refractivity contribution in [3.63, 3.8) is 0 Å². The van der Waals surface area contributed by atoms with Crippen molar-refractivity contribution in [2.24, 2.45) is 0 Å². The summed E-state index contributed by atoms with van der Waals surface area (Å²) in [5, 5.41) is 10.8. The van der Waals surface area contributed by atoms with E-state index in [2.05, 4.69) is 0 Å². The highest BCUT2D eigenvalue weighted by Crippen LogP contribution is 2.38.